The van der Waals surface area contributed by atoms with Crippen molar-refractivity contribution >= 4 is 17.6 Å². The molecule has 0 unspecified atom stereocenters. The minimum atomic E-state index is -0.311. The minimum Gasteiger partial charge on any atom is -0.465 e. The molecule has 1 aliphatic rings. The van der Waals surface area contributed by atoms with Gasteiger partial charge in [-0.3, -0.25) is 4.98 Å². The summed E-state index contributed by atoms with van der Waals surface area (Å²) in [5, 5.41) is 0.717. The standard InChI is InChI=1S/C23H20ClNO2/c1-27-23(26)16-10-8-15(9-11-16)12-18-14-22(17-4-2-5-19(24)13-17)25-21-7-3-6-20(18)21/h2,4-5,8-11,13-14H,3,6-7,12H2,1H3. The molecule has 1 heterocycles. The third kappa shape index (κ3) is 3.74. The Bertz CT molecular complexity index is 996. The first-order valence-electron chi connectivity index (χ1n) is 9.09. The van der Waals surface area contributed by atoms with Crippen molar-refractivity contribution < 1.29 is 9.53 Å². The molecule has 0 bridgehead atoms. The Hall–Kier alpha value is -2.65. The van der Waals surface area contributed by atoms with E-state index in [1.54, 1.807) is 0 Å². The van der Waals surface area contributed by atoms with Gasteiger partial charge in [0.25, 0.3) is 0 Å². The van der Waals surface area contributed by atoms with Crippen LogP contribution in [0, 0.1) is 0 Å². The van der Waals surface area contributed by atoms with Crippen molar-refractivity contribution in [1.29, 1.82) is 0 Å². The molecule has 0 aliphatic heterocycles. The van der Waals surface area contributed by atoms with Gasteiger partial charge in [-0.05, 0) is 72.7 Å². The van der Waals surface area contributed by atoms with E-state index in [0.717, 1.165) is 42.0 Å². The van der Waals surface area contributed by atoms with E-state index in [2.05, 4.69) is 6.07 Å². The first-order chi connectivity index (χ1) is 13.1. The number of pyridine rings is 1. The monoisotopic (exact) mass is 377 g/mol. The zero-order valence-electron chi connectivity index (χ0n) is 15.2. The van der Waals surface area contributed by atoms with Gasteiger partial charge < -0.3 is 4.74 Å². The number of methoxy groups -OCH3 is 1. The van der Waals surface area contributed by atoms with Crippen LogP contribution in [0.2, 0.25) is 5.02 Å². The largest absolute Gasteiger partial charge is 0.465 e. The van der Waals surface area contributed by atoms with Crippen molar-refractivity contribution in [3.63, 3.8) is 0 Å². The molecular weight excluding hydrogens is 358 g/mol. The van der Waals surface area contributed by atoms with Crippen LogP contribution in [0.4, 0.5) is 0 Å². The lowest BCUT2D eigenvalue weighted by molar-refractivity contribution is 0.0600. The first kappa shape index (κ1) is 17.7. The van der Waals surface area contributed by atoms with Crippen molar-refractivity contribution in [3.05, 3.63) is 87.6 Å². The van der Waals surface area contributed by atoms with Gasteiger partial charge in [0.15, 0.2) is 0 Å². The average molecular weight is 378 g/mol. The Morgan fingerprint density at radius 3 is 2.67 bits per heavy atom. The van der Waals surface area contributed by atoms with Gasteiger partial charge in [0.2, 0.25) is 0 Å². The van der Waals surface area contributed by atoms with E-state index < -0.39 is 0 Å². The summed E-state index contributed by atoms with van der Waals surface area (Å²) in [4.78, 5) is 16.5. The second-order valence-corrected chi connectivity index (χ2v) is 7.26. The fraction of sp³-hybridized carbons (Fsp3) is 0.217. The van der Waals surface area contributed by atoms with Crippen LogP contribution in [0.25, 0.3) is 11.3 Å². The molecule has 1 aliphatic carbocycles. The predicted octanol–water partition coefficient (Wildman–Crippen LogP) is 5.27. The number of hydrogen-bond donors (Lipinski definition) is 0. The third-order valence-corrected chi connectivity index (χ3v) is 5.27. The summed E-state index contributed by atoms with van der Waals surface area (Å²) in [6, 6.07) is 17.6. The average Bonchev–Trinajstić information content (AvgIpc) is 3.17. The van der Waals surface area contributed by atoms with E-state index in [0.29, 0.717) is 5.56 Å². The highest BCUT2D eigenvalue weighted by Gasteiger charge is 2.19. The molecule has 4 rings (SSSR count). The van der Waals surface area contributed by atoms with Gasteiger partial charge in [-0.1, -0.05) is 35.9 Å². The number of benzene rings is 2. The number of carbonyl (C=O) groups excluding carboxylic acids is 1. The highest BCUT2D eigenvalue weighted by atomic mass is 35.5. The molecule has 0 radical (unpaired) electrons. The van der Waals surface area contributed by atoms with Gasteiger partial charge in [0, 0.05) is 16.3 Å². The van der Waals surface area contributed by atoms with E-state index in [1.807, 2.05) is 48.5 Å². The second-order valence-electron chi connectivity index (χ2n) is 6.82. The van der Waals surface area contributed by atoms with E-state index in [9.17, 15) is 4.79 Å². The maximum Gasteiger partial charge on any atom is 0.337 e. The molecule has 136 valence electrons. The molecule has 0 spiro atoms. The maximum absolute atomic E-state index is 11.6. The summed E-state index contributed by atoms with van der Waals surface area (Å²) >= 11 is 6.17. The van der Waals surface area contributed by atoms with Gasteiger partial charge in [-0.15, -0.1) is 0 Å². The SMILES string of the molecule is COC(=O)c1ccc(Cc2cc(-c3cccc(Cl)c3)nc3c2CCC3)cc1. The van der Waals surface area contributed by atoms with Crippen molar-refractivity contribution in [1.82, 2.24) is 4.98 Å². The molecule has 0 saturated carbocycles. The number of aryl methyl sites for hydroxylation is 1. The molecule has 0 N–H and O–H groups in total. The van der Waals surface area contributed by atoms with Crippen LogP contribution in [0.3, 0.4) is 0 Å². The van der Waals surface area contributed by atoms with Gasteiger partial charge in [0.1, 0.15) is 0 Å². The molecule has 2 aromatic carbocycles. The highest BCUT2D eigenvalue weighted by molar-refractivity contribution is 6.30. The van der Waals surface area contributed by atoms with Crippen LogP contribution in [-0.4, -0.2) is 18.1 Å². The molecule has 3 aromatic rings. The number of fused-ring (bicyclic) bond motifs is 1. The summed E-state index contributed by atoms with van der Waals surface area (Å²) < 4.78 is 4.77. The Labute approximate surface area is 164 Å². The molecule has 0 fully saturated rings. The van der Waals surface area contributed by atoms with Crippen LogP contribution < -0.4 is 0 Å². The van der Waals surface area contributed by atoms with E-state index in [1.165, 1.54) is 29.5 Å². The number of hydrogen-bond acceptors (Lipinski definition) is 3. The third-order valence-electron chi connectivity index (χ3n) is 5.03. The topological polar surface area (TPSA) is 39.2 Å². The Kier molecular flexibility index (Phi) is 4.95. The van der Waals surface area contributed by atoms with E-state index >= 15 is 0 Å². The van der Waals surface area contributed by atoms with Gasteiger partial charge in [-0.2, -0.15) is 0 Å². The van der Waals surface area contributed by atoms with Crippen molar-refractivity contribution in [2.45, 2.75) is 25.7 Å². The zero-order chi connectivity index (χ0) is 18.8. The van der Waals surface area contributed by atoms with Crippen molar-refractivity contribution in [2.24, 2.45) is 0 Å². The molecule has 3 nitrogen and oxygen atoms in total. The van der Waals surface area contributed by atoms with Gasteiger partial charge >= 0.3 is 5.97 Å². The lowest BCUT2D eigenvalue weighted by Crippen LogP contribution is -2.02. The number of rotatable bonds is 4. The Balaban J connectivity index is 1.69. The smallest absolute Gasteiger partial charge is 0.337 e. The number of aromatic nitrogens is 1. The van der Waals surface area contributed by atoms with Crippen LogP contribution in [0.5, 0.6) is 0 Å². The molecule has 27 heavy (non-hydrogen) atoms. The number of halogens is 1. The molecular formula is C23H20ClNO2. The summed E-state index contributed by atoms with van der Waals surface area (Å²) in [6.45, 7) is 0. The second kappa shape index (κ2) is 7.53. The van der Waals surface area contributed by atoms with Gasteiger partial charge in [0.05, 0.1) is 18.4 Å². The van der Waals surface area contributed by atoms with E-state index in [4.69, 9.17) is 21.3 Å². The Morgan fingerprint density at radius 1 is 1.11 bits per heavy atom. The maximum atomic E-state index is 11.6. The van der Waals surface area contributed by atoms with Crippen LogP contribution in [0.15, 0.2) is 54.6 Å². The summed E-state index contributed by atoms with van der Waals surface area (Å²) in [5.41, 5.74) is 7.63. The van der Waals surface area contributed by atoms with Crippen LogP contribution in [-0.2, 0) is 24.0 Å². The molecule has 0 amide bonds. The molecule has 1 aromatic heterocycles. The molecule has 4 heteroatoms. The summed E-state index contributed by atoms with van der Waals surface area (Å²) in [7, 11) is 1.40. The van der Waals surface area contributed by atoms with E-state index in [-0.39, 0.29) is 5.97 Å². The molecule has 0 atom stereocenters. The number of ether oxygens (including phenoxy) is 1. The minimum absolute atomic E-state index is 0.311. The summed E-state index contributed by atoms with van der Waals surface area (Å²) in [5.74, 6) is -0.311. The fourth-order valence-corrected chi connectivity index (χ4v) is 3.87. The van der Waals surface area contributed by atoms with Gasteiger partial charge in [-0.25, -0.2) is 4.79 Å². The Morgan fingerprint density at radius 2 is 1.93 bits per heavy atom. The lowest BCUT2D eigenvalue weighted by Gasteiger charge is -2.12. The lowest BCUT2D eigenvalue weighted by atomic mass is 9.97. The number of carbonyl (C=O) groups is 1. The zero-order valence-corrected chi connectivity index (χ0v) is 15.9. The van der Waals surface area contributed by atoms with Crippen LogP contribution in [0.1, 0.15) is 39.2 Å². The highest BCUT2D eigenvalue weighted by Crippen LogP contribution is 2.31. The summed E-state index contributed by atoms with van der Waals surface area (Å²) in [6.07, 6.45) is 4.07. The number of nitrogens with zero attached hydrogens (tertiary/aromatic N) is 1. The van der Waals surface area contributed by atoms with Crippen LogP contribution >= 0.6 is 11.6 Å². The predicted molar refractivity (Wildman–Crippen MR) is 107 cm³/mol. The molecule has 0 saturated heterocycles. The quantitative estimate of drug-likeness (QED) is 0.581. The van der Waals surface area contributed by atoms with Crippen molar-refractivity contribution in [2.75, 3.05) is 7.11 Å². The number of esters is 1. The fourth-order valence-electron chi connectivity index (χ4n) is 3.68. The first-order valence-corrected chi connectivity index (χ1v) is 9.46. The van der Waals surface area contributed by atoms with Crippen molar-refractivity contribution in [3.8, 4) is 11.3 Å². The normalized spacial score (nSPS) is 12.7.